The molecule has 1 saturated heterocycles. The molecule has 1 heteroatoms. The molecule has 2 unspecified atom stereocenters. The third-order valence-corrected chi connectivity index (χ3v) is 1.99. The lowest BCUT2D eigenvalue weighted by molar-refractivity contribution is 0.0482. The lowest BCUT2D eigenvalue weighted by Crippen LogP contribution is -2.18. The van der Waals surface area contributed by atoms with Crippen LogP contribution in [0.15, 0.2) is 0 Å². The first kappa shape index (κ1) is 8.06. The van der Waals surface area contributed by atoms with Crippen molar-refractivity contribution in [3.05, 3.63) is 6.92 Å². The second-order valence-electron chi connectivity index (χ2n) is 3.42. The van der Waals surface area contributed by atoms with Gasteiger partial charge in [0.25, 0.3) is 0 Å². The van der Waals surface area contributed by atoms with Crippen LogP contribution in [0.2, 0.25) is 0 Å². The van der Waals surface area contributed by atoms with Crippen molar-refractivity contribution in [1.82, 2.24) is 0 Å². The van der Waals surface area contributed by atoms with Crippen LogP contribution in [0.3, 0.4) is 0 Å². The maximum atomic E-state index is 5.36. The molecule has 59 valence electrons. The van der Waals surface area contributed by atoms with Gasteiger partial charge >= 0.3 is 0 Å². The van der Waals surface area contributed by atoms with Crippen LogP contribution in [0.25, 0.3) is 0 Å². The molecule has 0 saturated carbocycles. The van der Waals surface area contributed by atoms with Crippen molar-refractivity contribution in [1.29, 1.82) is 0 Å². The van der Waals surface area contributed by atoms with E-state index in [1.807, 2.05) is 0 Å². The summed E-state index contributed by atoms with van der Waals surface area (Å²) in [6, 6.07) is 0. The van der Waals surface area contributed by atoms with Gasteiger partial charge in [-0.2, -0.15) is 0 Å². The van der Waals surface area contributed by atoms with Crippen molar-refractivity contribution in [3.8, 4) is 0 Å². The fraction of sp³-hybridized carbons (Fsp3) is 0.889. The lowest BCUT2D eigenvalue weighted by atomic mass is 9.92. The Balaban J connectivity index is 2.13. The smallest absolute Gasteiger partial charge is 0.0494 e. The van der Waals surface area contributed by atoms with Crippen LogP contribution in [-0.2, 0) is 4.74 Å². The topological polar surface area (TPSA) is 9.23 Å². The Bertz CT molecular complexity index is 82.7. The van der Waals surface area contributed by atoms with E-state index >= 15 is 0 Å². The highest BCUT2D eigenvalue weighted by Gasteiger charge is 2.14. The Morgan fingerprint density at radius 1 is 1.70 bits per heavy atom. The Labute approximate surface area is 63.8 Å². The summed E-state index contributed by atoms with van der Waals surface area (Å²) in [6.45, 7) is 8.10. The van der Waals surface area contributed by atoms with E-state index in [0.717, 1.165) is 19.1 Å². The zero-order chi connectivity index (χ0) is 7.40. The van der Waals surface area contributed by atoms with Crippen molar-refractivity contribution in [2.24, 2.45) is 11.8 Å². The van der Waals surface area contributed by atoms with Gasteiger partial charge in [0.05, 0.1) is 0 Å². The largest absolute Gasteiger partial charge is 0.381 e. The molecule has 0 N–H and O–H groups in total. The van der Waals surface area contributed by atoms with Gasteiger partial charge in [0, 0.05) is 13.2 Å². The molecular weight excluding hydrogens is 124 g/mol. The summed E-state index contributed by atoms with van der Waals surface area (Å²) in [5.41, 5.74) is 0. The minimum absolute atomic E-state index is 0.590. The van der Waals surface area contributed by atoms with E-state index in [4.69, 9.17) is 4.74 Å². The Morgan fingerprint density at radius 2 is 2.50 bits per heavy atom. The molecule has 1 rings (SSSR count). The zero-order valence-corrected chi connectivity index (χ0v) is 6.81. The number of rotatable bonds is 2. The summed E-state index contributed by atoms with van der Waals surface area (Å²) in [5.74, 6) is 1.38. The molecule has 0 amide bonds. The summed E-state index contributed by atoms with van der Waals surface area (Å²) in [6.07, 6.45) is 3.83. The SMILES string of the molecule is [CH2]C(C)CC1CCCOC1. The van der Waals surface area contributed by atoms with Gasteiger partial charge in [-0.05, 0) is 31.1 Å². The van der Waals surface area contributed by atoms with Gasteiger partial charge in [0.1, 0.15) is 0 Å². The molecule has 10 heavy (non-hydrogen) atoms. The van der Waals surface area contributed by atoms with Gasteiger partial charge < -0.3 is 4.74 Å². The second-order valence-corrected chi connectivity index (χ2v) is 3.42. The van der Waals surface area contributed by atoms with E-state index in [-0.39, 0.29) is 0 Å². The highest BCUT2D eigenvalue weighted by atomic mass is 16.5. The predicted molar refractivity (Wildman–Crippen MR) is 42.7 cm³/mol. The maximum Gasteiger partial charge on any atom is 0.0494 e. The fourth-order valence-electron chi connectivity index (χ4n) is 1.56. The maximum absolute atomic E-state index is 5.36. The van der Waals surface area contributed by atoms with E-state index in [2.05, 4.69) is 13.8 Å². The van der Waals surface area contributed by atoms with Gasteiger partial charge in [-0.3, -0.25) is 0 Å². The number of hydrogen-bond donors (Lipinski definition) is 0. The second kappa shape index (κ2) is 3.97. The third kappa shape index (κ3) is 2.70. The molecular formula is C9H17O. The molecule has 1 radical (unpaired) electrons. The Kier molecular flexibility index (Phi) is 3.20. The number of ether oxygens (including phenoxy) is 1. The monoisotopic (exact) mass is 141 g/mol. The molecule has 0 aromatic heterocycles. The van der Waals surface area contributed by atoms with Gasteiger partial charge in [-0.1, -0.05) is 13.8 Å². The minimum atomic E-state index is 0.590. The molecule has 1 fully saturated rings. The molecule has 0 bridgehead atoms. The van der Waals surface area contributed by atoms with Gasteiger partial charge in [0.2, 0.25) is 0 Å². The van der Waals surface area contributed by atoms with Crippen LogP contribution in [0, 0.1) is 18.8 Å². The third-order valence-electron chi connectivity index (χ3n) is 1.99. The molecule has 1 aliphatic heterocycles. The Hall–Kier alpha value is -0.0400. The molecule has 0 aromatic rings. The number of hydrogen-bond acceptors (Lipinski definition) is 1. The summed E-state index contributed by atoms with van der Waals surface area (Å²) < 4.78 is 5.36. The predicted octanol–water partition coefficient (Wildman–Crippen LogP) is 2.27. The molecule has 0 aromatic carbocycles. The molecule has 0 aliphatic carbocycles. The summed E-state index contributed by atoms with van der Waals surface area (Å²) in [4.78, 5) is 0. The van der Waals surface area contributed by atoms with E-state index in [1.54, 1.807) is 0 Å². The van der Waals surface area contributed by atoms with Gasteiger partial charge in [0.15, 0.2) is 0 Å². The first-order chi connectivity index (χ1) is 4.79. The van der Waals surface area contributed by atoms with Crippen molar-refractivity contribution in [2.45, 2.75) is 26.2 Å². The average molecular weight is 141 g/mol. The summed E-state index contributed by atoms with van der Waals surface area (Å²) >= 11 is 0. The summed E-state index contributed by atoms with van der Waals surface area (Å²) in [7, 11) is 0. The van der Waals surface area contributed by atoms with Gasteiger partial charge in [-0.25, -0.2) is 0 Å². The van der Waals surface area contributed by atoms with Crippen molar-refractivity contribution < 1.29 is 4.74 Å². The highest BCUT2D eigenvalue weighted by Crippen LogP contribution is 2.20. The van der Waals surface area contributed by atoms with E-state index in [9.17, 15) is 0 Å². The van der Waals surface area contributed by atoms with Crippen LogP contribution in [-0.4, -0.2) is 13.2 Å². The van der Waals surface area contributed by atoms with Crippen molar-refractivity contribution in [2.75, 3.05) is 13.2 Å². The molecule has 1 aliphatic rings. The highest BCUT2D eigenvalue weighted by molar-refractivity contribution is 4.67. The van der Waals surface area contributed by atoms with Crippen LogP contribution < -0.4 is 0 Å². The van der Waals surface area contributed by atoms with Crippen LogP contribution in [0.5, 0.6) is 0 Å². The van der Waals surface area contributed by atoms with Crippen LogP contribution in [0.4, 0.5) is 0 Å². The minimum Gasteiger partial charge on any atom is -0.381 e. The molecule has 2 atom stereocenters. The van der Waals surface area contributed by atoms with Crippen LogP contribution in [0.1, 0.15) is 26.2 Å². The molecule has 1 nitrogen and oxygen atoms in total. The quantitative estimate of drug-likeness (QED) is 0.573. The van der Waals surface area contributed by atoms with E-state index in [1.165, 1.54) is 19.3 Å². The average Bonchev–Trinajstić information content (AvgIpc) is 1.88. The molecule has 1 heterocycles. The van der Waals surface area contributed by atoms with E-state index in [0.29, 0.717) is 5.92 Å². The van der Waals surface area contributed by atoms with Crippen LogP contribution >= 0.6 is 0 Å². The van der Waals surface area contributed by atoms with Crippen molar-refractivity contribution >= 4 is 0 Å². The summed E-state index contributed by atoms with van der Waals surface area (Å²) in [5, 5.41) is 0. The standard InChI is InChI=1S/C9H17O/c1-8(2)6-9-4-3-5-10-7-9/h8-9H,1,3-7H2,2H3. The first-order valence-corrected chi connectivity index (χ1v) is 4.20. The lowest BCUT2D eigenvalue weighted by Gasteiger charge is -2.23. The first-order valence-electron chi connectivity index (χ1n) is 4.20. The normalized spacial score (nSPS) is 27.3. The van der Waals surface area contributed by atoms with Crippen molar-refractivity contribution in [3.63, 3.8) is 0 Å². The van der Waals surface area contributed by atoms with Gasteiger partial charge in [-0.15, -0.1) is 0 Å². The zero-order valence-electron chi connectivity index (χ0n) is 6.81. The fourth-order valence-corrected chi connectivity index (χ4v) is 1.56. The van der Waals surface area contributed by atoms with E-state index < -0.39 is 0 Å². The molecule has 0 spiro atoms. The Morgan fingerprint density at radius 3 is 3.00 bits per heavy atom.